The van der Waals surface area contributed by atoms with Gasteiger partial charge >= 0.3 is 0 Å². The molecule has 0 atom stereocenters. The number of aromatic nitrogens is 2. The SMILES string of the molecule is Nc1ncc(Br)cc1S(=O)(=O)NCCC(=O)NCc1ccccn1. The van der Waals surface area contributed by atoms with Gasteiger partial charge in [-0.1, -0.05) is 6.07 Å². The van der Waals surface area contributed by atoms with Crippen LogP contribution in [0.15, 0.2) is 46.0 Å². The van der Waals surface area contributed by atoms with Crippen LogP contribution in [0.1, 0.15) is 12.1 Å². The Morgan fingerprint density at radius 1 is 1.29 bits per heavy atom. The summed E-state index contributed by atoms with van der Waals surface area (Å²) >= 11 is 3.14. The molecule has 0 unspecified atom stereocenters. The minimum Gasteiger partial charge on any atom is -0.383 e. The van der Waals surface area contributed by atoms with Crippen molar-refractivity contribution in [3.63, 3.8) is 0 Å². The molecule has 0 aliphatic carbocycles. The van der Waals surface area contributed by atoms with E-state index in [2.05, 4.69) is 35.9 Å². The Morgan fingerprint density at radius 2 is 2.08 bits per heavy atom. The van der Waals surface area contributed by atoms with Crippen LogP contribution < -0.4 is 15.8 Å². The molecular weight excluding hydrogens is 398 g/mol. The van der Waals surface area contributed by atoms with Crippen LogP contribution in [-0.4, -0.2) is 30.8 Å². The molecule has 0 radical (unpaired) electrons. The van der Waals surface area contributed by atoms with Crippen LogP contribution in [0, 0.1) is 0 Å². The molecule has 2 aromatic rings. The molecule has 8 nitrogen and oxygen atoms in total. The van der Waals surface area contributed by atoms with Crippen LogP contribution >= 0.6 is 15.9 Å². The number of carbonyl (C=O) groups excluding carboxylic acids is 1. The third-order valence-corrected chi connectivity index (χ3v) is 4.90. The summed E-state index contributed by atoms with van der Waals surface area (Å²) in [6, 6.07) is 6.74. The van der Waals surface area contributed by atoms with Gasteiger partial charge in [0.2, 0.25) is 15.9 Å². The Hall–Kier alpha value is -2.04. The molecule has 0 aromatic carbocycles. The summed E-state index contributed by atoms with van der Waals surface area (Å²) in [5, 5.41) is 2.66. The molecule has 2 aromatic heterocycles. The lowest BCUT2D eigenvalue weighted by Crippen LogP contribution is -2.31. The fourth-order valence-electron chi connectivity index (χ4n) is 1.80. The van der Waals surface area contributed by atoms with Crippen molar-refractivity contribution < 1.29 is 13.2 Å². The highest BCUT2D eigenvalue weighted by Gasteiger charge is 2.18. The lowest BCUT2D eigenvalue weighted by molar-refractivity contribution is -0.121. The van der Waals surface area contributed by atoms with E-state index in [1.54, 1.807) is 18.3 Å². The van der Waals surface area contributed by atoms with Gasteiger partial charge in [-0.3, -0.25) is 9.78 Å². The van der Waals surface area contributed by atoms with Gasteiger partial charge in [0, 0.05) is 29.8 Å². The quantitative estimate of drug-likeness (QED) is 0.615. The van der Waals surface area contributed by atoms with Crippen molar-refractivity contribution in [1.82, 2.24) is 20.0 Å². The van der Waals surface area contributed by atoms with Crippen LogP contribution in [0.25, 0.3) is 0 Å². The molecule has 10 heteroatoms. The van der Waals surface area contributed by atoms with Gasteiger partial charge in [0.05, 0.1) is 12.2 Å². The first-order valence-electron chi connectivity index (χ1n) is 6.96. The first-order valence-corrected chi connectivity index (χ1v) is 9.23. The zero-order chi connectivity index (χ0) is 17.6. The molecule has 128 valence electrons. The van der Waals surface area contributed by atoms with E-state index in [0.717, 1.165) is 5.69 Å². The van der Waals surface area contributed by atoms with Gasteiger partial charge in [-0.2, -0.15) is 0 Å². The van der Waals surface area contributed by atoms with Crippen molar-refractivity contribution in [2.75, 3.05) is 12.3 Å². The van der Waals surface area contributed by atoms with Crippen molar-refractivity contribution in [3.8, 4) is 0 Å². The first-order chi connectivity index (χ1) is 11.4. The Kier molecular flexibility index (Phi) is 6.23. The van der Waals surface area contributed by atoms with E-state index in [9.17, 15) is 13.2 Å². The van der Waals surface area contributed by atoms with Crippen LogP contribution in [-0.2, 0) is 21.4 Å². The van der Waals surface area contributed by atoms with Crippen molar-refractivity contribution in [2.24, 2.45) is 0 Å². The highest BCUT2D eigenvalue weighted by molar-refractivity contribution is 9.10. The normalized spacial score (nSPS) is 11.2. The molecular formula is C14H16BrN5O3S. The van der Waals surface area contributed by atoms with E-state index in [0.29, 0.717) is 4.47 Å². The number of nitrogens with two attached hydrogens (primary N) is 1. The molecule has 0 aliphatic rings. The Balaban J connectivity index is 1.84. The zero-order valence-electron chi connectivity index (χ0n) is 12.6. The predicted octanol–water partition coefficient (Wildman–Crippen LogP) is 0.806. The summed E-state index contributed by atoms with van der Waals surface area (Å²) in [6.07, 6.45) is 3.03. The number of anilines is 1. The average Bonchev–Trinajstić information content (AvgIpc) is 2.56. The van der Waals surface area contributed by atoms with Crippen LogP contribution in [0.5, 0.6) is 0 Å². The van der Waals surface area contributed by atoms with E-state index >= 15 is 0 Å². The van der Waals surface area contributed by atoms with E-state index in [-0.39, 0.29) is 36.1 Å². The summed E-state index contributed by atoms with van der Waals surface area (Å²) in [6.45, 7) is 0.233. The predicted molar refractivity (Wildman–Crippen MR) is 92.2 cm³/mol. The second-order valence-electron chi connectivity index (χ2n) is 4.78. The fraction of sp³-hybridized carbons (Fsp3) is 0.214. The molecule has 0 saturated heterocycles. The molecule has 1 amide bonds. The number of rotatable bonds is 7. The molecule has 2 heterocycles. The van der Waals surface area contributed by atoms with Crippen molar-refractivity contribution in [1.29, 1.82) is 0 Å². The molecule has 0 bridgehead atoms. The smallest absolute Gasteiger partial charge is 0.244 e. The van der Waals surface area contributed by atoms with Gasteiger partial charge in [-0.05, 0) is 34.1 Å². The van der Waals surface area contributed by atoms with Crippen LogP contribution in [0.4, 0.5) is 5.82 Å². The summed E-state index contributed by atoms with van der Waals surface area (Å²) in [5.74, 6) is -0.394. The monoisotopic (exact) mass is 413 g/mol. The Bertz CT molecular complexity index is 814. The van der Waals surface area contributed by atoms with E-state index in [1.165, 1.54) is 12.3 Å². The maximum Gasteiger partial charge on any atom is 0.244 e. The molecule has 0 saturated carbocycles. The lowest BCUT2D eigenvalue weighted by atomic mass is 10.3. The van der Waals surface area contributed by atoms with E-state index in [4.69, 9.17) is 5.73 Å². The van der Waals surface area contributed by atoms with Crippen LogP contribution in [0.3, 0.4) is 0 Å². The molecule has 0 aliphatic heterocycles. The second kappa shape index (κ2) is 8.18. The van der Waals surface area contributed by atoms with Gasteiger partial charge in [-0.15, -0.1) is 0 Å². The summed E-state index contributed by atoms with van der Waals surface area (Å²) < 4.78 is 27.2. The number of halogens is 1. The number of nitrogens with zero attached hydrogens (tertiary/aromatic N) is 2. The molecule has 4 N–H and O–H groups in total. The molecule has 24 heavy (non-hydrogen) atoms. The Labute approximate surface area is 148 Å². The average molecular weight is 414 g/mol. The lowest BCUT2D eigenvalue weighted by Gasteiger charge is -2.09. The topological polar surface area (TPSA) is 127 Å². The first kappa shape index (κ1) is 18.3. The van der Waals surface area contributed by atoms with Crippen molar-refractivity contribution >= 4 is 37.7 Å². The van der Waals surface area contributed by atoms with Gasteiger partial charge in [0.15, 0.2) is 0 Å². The molecule has 0 spiro atoms. The number of hydrogen-bond donors (Lipinski definition) is 3. The second-order valence-corrected chi connectivity index (χ2v) is 7.43. The van der Waals surface area contributed by atoms with Crippen LogP contribution in [0.2, 0.25) is 0 Å². The van der Waals surface area contributed by atoms with E-state index < -0.39 is 10.0 Å². The van der Waals surface area contributed by atoms with Gasteiger partial charge < -0.3 is 11.1 Å². The number of nitrogen functional groups attached to an aromatic ring is 1. The molecule has 0 fully saturated rings. The number of amides is 1. The maximum atomic E-state index is 12.2. The summed E-state index contributed by atoms with van der Waals surface area (Å²) in [4.78, 5) is 19.5. The minimum absolute atomic E-state index is 0.00655. The number of pyridine rings is 2. The van der Waals surface area contributed by atoms with E-state index in [1.807, 2.05) is 6.07 Å². The number of nitrogens with one attached hydrogen (secondary N) is 2. The summed E-state index contributed by atoms with van der Waals surface area (Å²) in [7, 11) is -3.84. The molecule has 2 rings (SSSR count). The van der Waals surface area contributed by atoms with Gasteiger partial charge in [-0.25, -0.2) is 18.1 Å². The third kappa shape index (κ3) is 5.25. The standard InChI is InChI=1S/C14H16BrN5O3S/c15-10-7-12(14(16)19-8-10)24(22,23)20-6-4-13(21)18-9-11-3-1-2-5-17-11/h1-3,5,7-8,20H,4,6,9H2,(H2,16,19)(H,18,21). The highest BCUT2D eigenvalue weighted by Crippen LogP contribution is 2.20. The third-order valence-electron chi connectivity index (χ3n) is 2.97. The fourth-order valence-corrected chi connectivity index (χ4v) is 3.42. The highest BCUT2D eigenvalue weighted by atomic mass is 79.9. The largest absolute Gasteiger partial charge is 0.383 e. The van der Waals surface area contributed by atoms with Crippen molar-refractivity contribution in [2.45, 2.75) is 17.9 Å². The Morgan fingerprint density at radius 3 is 2.79 bits per heavy atom. The van der Waals surface area contributed by atoms with Gasteiger partial charge in [0.25, 0.3) is 0 Å². The zero-order valence-corrected chi connectivity index (χ0v) is 15.0. The van der Waals surface area contributed by atoms with Crippen molar-refractivity contribution in [3.05, 3.63) is 46.8 Å². The van der Waals surface area contributed by atoms with Gasteiger partial charge in [0.1, 0.15) is 10.7 Å². The number of carbonyl (C=O) groups is 1. The maximum absolute atomic E-state index is 12.2. The number of sulfonamides is 1. The minimum atomic E-state index is -3.84. The number of hydrogen-bond acceptors (Lipinski definition) is 6. The summed E-state index contributed by atoms with van der Waals surface area (Å²) in [5.41, 5.74) is 6.30.